The number of aryl methyl sites for hydroxylation is 1. The Bertz CT molecular complexity index is 2320. The van der Waals surface area contributed by atoms with Crippen LogP contribution in [0.1, 0.15) is 47.2 Å². The van der Waals surface area contributed by atoms with Crippen molar-refractivity contribution in [3.05, 3.63) is 57.9 Å². The fourth-order valence-electron chi connectivity index (χ4n) is 5.99. The number of nitrogens with zero attached hydrogens (tertiary/aromatic N) is 6. The van der Waals surface area contributed by atoms with Crippen LogP contribution in [0.15, 0.2) is 55.7 Å². The van der Waals surface area contributed by atoms with E-state index in [1.165, 1.54) is 32.6 Å². The number of fused-ring (bicyclic) bond motifs is 3. The third-order valence-electron chi connectivity index (χ3n) is 8.40. The highest BCUT2D eigenvalue weighted by Crippen LogP contribution is 2.45. The molecule has 0 radical (unpaired) electrons. The van der Waals surface area contributed by atoms with Gasteiger partial charge in [-0.1, -0.05) is 6.42 Å². The monoisotopic (exact) mass is 754 g/mol. The van der Waals surface area contributed by atoms with Crippen LogP contribution >= 0.6 is 7.82 Å². The van der Waals surface area contributed by atoms with Gasteiger partial charge in [-0.05, 0) is 56.2 Å². The van der Waals surface area contributed by atoms with Crippen LogP contribution in [0.25, 0.3) is 11.2 Å². The molecule has 20 nitrogen and oxygen atoms in total. The lowest BCUT2D eigenvalue weighted by molar-refractivity contribution is 0.111. The van der Waals surface area contributed by atoms with Crippen molar-refractivity contribution in [2.24, 2.45) is 29.1 Å². The molecular weight excluding hydrogens is 723 g/mol. The van der Waals surface area contributed by atoms with Crippen LogP contribution in [0, 0.1) is 18.8 Å². The van der Waals surface area contributed by atoms with Crippen molar-refractivity contribution < 1.29 is 49.6 Å². The predicted octanol–water partition coefficient (Wildman–Crippen LogP) is 2.98. The molecule has 3 heterocycles. The highest BCUT2D eigenvalue weighted by atomic mass is 32.2. The summed E-state index contributed by atoms with van der Waals surface area (Å²) in [6.07, 6.45) is 9.11. The van der Waals surface area contributed by atoms with E-state index < -0.39 is 61.5 Å². The van der Waals surface area contributed by atoms with E-state index in [1.807, 2.05) is 11.6 Å². The number of H-pyrrole nitrogens is 1. The summed E-state index contributed by atoms with van der Waals surface area (Å²) in [5, 5.41) is 10.6. The lowest BCUT2D eigenvalue weighted by Gasteiger charge is -2.23. The summed E-state index contributed by atoms with van der Waals surface area (Å²) < 4.78 is 81.3. The van der Waals surface area contributed by atoms with Crippen molar-refractivity contribution in [2.45, 2.75) is 55.0 Å². The number of azo groups is 1. The van der Waals surface area contributed by atoms with Gasteiger partial charge in [0, 0.05) is 29.8 Å². The van der Waals surface area contributed by atoms with Gasteiger partial charge in [0.25, 0.3) is 25.8 Å². The van der Waals surface area contributed by atoms with E-state index in [1.54, 1.807) is 12.7 Å². The minimum absolute atomic E-state index is 0.139. The fourth-order valence-corrected chi connectivity index (χ4v) is 7.52. The maximum Gasteiger partial charge on any atom is 0.469 e. The molecule has 0 saturated heterocycles. The minimum Gasteiger partial charge on any atom is -0.365 e. The minimum atomic E-state index is -5.07. The Balaban J connectivity index is 0.000000224. The quantitative estimate of drug-likeness (QED) is 0.0587. The first-order chi connectivity index (χ1) is 23.4. The van der Waals surface area contributed by atoms with Gasteiger partial charge in [0.15, 0.2) is 23.6 Å². The molecule has 4 aromatic rings. The van der Waals surface area contributed by atoms with Crippen LogP contribution in [0.3, 0.4) is 0 Å². The Morgan fingerprint density at radius 1 is 1.10 bits per heavy atom. The number of phosphoric acid groups is 1. The predicted molar refractivity (Wildman–Crippen MR) is 173 cm³/mol. The second-order valence-electron chi connectivity index (χ2n) is 11.7. The lowest BCUT2D eigenvalue weighted by Crippen LogP contribution is -2.26. The van der Waals surface area contributed by atoms with Crippen LogP contribution in [-0.2, 0) is 43.0 Å². The van der Waals surface area contributed by atoms with E-state index in [4.69, 9.17) is 14.3 Å². The molecule has 2 fully saturated rings. The van der Waals surface area contributed by atoms with Crippen molar-refractivity contribution >= 4 is 62.8 Å². The van der Waals surface area contributed by atoms with Crippen LogP contribution in [0.5, 0.6) is 0 Å². The second-order valence-corrected chi connectivity index (χ2v) is 15.7. The third kappa shape index (κ3) is 8.36. The SMILES string of the molecule is Cc1c(C=O)c(COP(=O)(O)O)c(N=Nc2ccc(S(=O)(=O)O)cc2S(=O)(=O)O)[nH]c1=O.Cn1cnc2c(N[C@@H]3CC4CCC3C4)ncnc21. The summed E-state index contributed by atoms with van der Waals surface area (Å²) in [5.74, 6) is 2.13. The van der Waals surface area contributed by atoms with Crippen LogP contribution in [0.4, 0.5) is 17.3 Å². The normalized spacial score (nSPS) is 19.1. The third-order valence-corrected chi connectivity index (χ3v) is 10.6. The number of anilines is 1. The van der Waals surface area contributed by atoms with Gasteiger partial charge in [0.2, 0.25) is 0 Å². The molecule has 2 aliphatic rings. The topological polar surface area (TPSA) is 306 Å². The van der Waals surface area contributed by atoms with Crippen molar-refractivity contribution in [3.8, 4) is 0 Å². The first kappa shape index (κ1) is 37.0. The summed E-state index contributed by atoms with van der Waals surface area (Å²) in [4.78, 5) is 54.5. The highest BCUT2D eigenvalue weighted by Gasteiger charge is 2.39. The standard InChI is InChI=1S/C14H14N3O12PS2.C13H17N5/c1-7-9(5-18)10(6-29-30(20,21)22)13(15-14(7)19)17-16-11-3-2-8(31(23,24)25)4-12(11)32(26,27)28;1-18-7-16-11-12(14-6-15-13(11)18)17-10-5-8-2-3-9(10)4-8/h2-5H,6H2,1H3,(H,15,19)(H2,20,21,22)(H,23,24,25)(H,26,27,28);6-10H,2-5H2,1H3,(H,14,15,17)/t;8?,9?,10-/m.1/s1. The number of pyridine rings is 1. The molecule has 1 aromatic carbocycles. The fraction of sp³-hybridized carbons (Fsp3) is 0.370. The number of nitrogens with one attached hydrogen (secondary N) is 2. The Morgan fingerprint density at radius 2 is 1.84 bits per heavy atom. The Hall–Kier alpha value is -4.28. The van der Waals surface area contributed by atoms with Gasteiger partial charge in [0.05, 0.1) is 17.8 Å². The van der Waals surface area contributed by atoms with E-state index in [2.05, 4.69) is 40.0 Å². The zero-order valence-electron chi connectivity index (χ0n) is 26.2. The first-order valence-corrected chi connectivity index (χ1v) is 19.1. The summed E-state index contributed by atoms with van der Waals surface area (Å²) in [6, 6.07) is 2.48. The average molecular weight is 755 g/mol. The van der Waals surface area contributed by atoms with Gasteiger partial charge in [-0.25, -0.2) is 19.5 Å². The molecule has 0 aliphatic heterocycles. The molecule has 268 valence electrons. The Kier molecular flexibility index (Phi) is 10.5. The summed E-state index contributed by atoms with van der Waals surface area (Å²) in [6.45, 7) is 0.326. The number of aromatic amines is 1. The van der Waals surface area contributed by atoms with Gasteiger partial charge >= 0.3 is 7.82 Å². The second kappa shape index (κ2) is 14.2. The number of hydrogen-bond donors (Lipinski definition) is 6. The van der Waals surface area contributed by atoms with Crippen molar-refractivity contribution in [1.82, 2.24) is 24.5 Å². The number of carbonyl (C=O) groups is 1. The van der Waals surface area contributed by atoms with E-state index in [0.29, 0.717) is 12.1 Å². The number of hydrogen-bond acceptors (Lipinski definition) is 14. The zero-order valence-corrected chi connectivity index (χ0v) is 28.8. The van der Waals surface area contributed by atoms with Gasteiger partial charge in [0.1, 0.15) is 22.4 Å². The maximum absolute atomic E-state index is 12.0. The number of aromatic nitrogens is 5. The molecule has 23 heteroatoms. The molecule has 6 rings (SSSR count). The molecule has 0 amide bonds. The smallest absolute Gasteiger partial charge is 0.365 e. The molecule has 2 aliphatic carbocycles. The summed E-state index contributed by atoms with van der Waals surface area (Å²) in [7, 11) is -13.0. The number of aldehydes is 1. The van der Waals surface area contributed by atoms with Crippen LogP contribution in [-0.4, -0.2) is 72.6 Å². The van der Waals surface area contributed by atoms with E-state index in [-0.39, 0.29) is 23.0 Å². The van der Waals surface area contributed by atoms with E-state index >= 15 is 0 Å². The Labute approximate surface area is 283 Å². The molecule has 3 aromatic heterocycles. The van der Waals surface area contributed by atoms with Gasteiger partial charge in [-0.3, -0.25) is 23.2 Å². The number of imidazole rings is 1. The van der Waals surface area contributed by atoms with Crippen LogP contribution in [0.2, 0.25) is 0 Å². The van der Waals surface area contributed by atoms with Crippen molar-refractivity contribution in [2.75, 3.05) is 5.32 Å². The molecule has 2 unspecified atom stereocenters. The van der Waals surface area contributed by atoms with Crippen LogP contribution < -0.4 is 10.9 Å². The Morgan fingerprint density at radius 3 is 2.44 bits per heavy atom. The summed E-state index contributed by atoms with van der Waals surface area (Å²) >= 11 is 0. The van der Waals surface area contributed by atoms with E-state index in [9.17, 15) is 35.5 Å². The number of phosphoric ester groups is 1. The average Bonchev–Trinajstić information content (AvgIpc) is 3.76. The number of carbonyl (C=O) groups excluding carboxylic acids is 1. The molecule has 50 heavy (non-hydrogen) atoms. The lowest BCUT2D eigenvalue weighted by atomic mass is 9.95. The number of benzene rings is 1. The first-order valence-electron chi connectivity index (χ1n) is 14.7. The number of rotatable bonds is 10. The molecule has 2 saturated carbocycles. The largest absolute Gasteiger partial charge is 0.469 e. The summed E-state index contributed by atoms with van der Waals surface area (Å²) in [5.41, 5.74) is -0.466. The highest BCUT2D eigenvalue weighted by molar-refractivity contribution is 7.86. The molecule has 0 spiro atoms. The zero-order chi connectivity index (χ0) is 36.6. The van der Waals surface area contributed by atoms with Crippen molar-refractivity contribution in [1.29, 1.82) is 0 Å². The molecule has 6 N–H and O–H groups in total. The van der Waals surface area contributed by atoms with Gasteiger partial charge in [-0.15, -0.1) is 10.2 Å². The molecule has 2 bridgehead atoms. The molecule has 3 atom stereocenters. The molecular formula is C27H31N8O12PS2. The van der Waals surface area contributed by atoms with Gasteiger partial charge < -0.3 is 24.7 Å². The van der Waals surface area contributed by atoms with Gasteiger partial charge in [-0.2, -0.15) is 16.8 Å². The van der Waals surface area contributed by atoms with E-state index in [0.717, 1.165) is 41.0 Å². The maximum atomic E-state index is 12.0. The van der Waals surface area contributed by atoms with Crippen molar-refractivity contribution in [3.63, 3.8) is 0 Å².